The zero-order valence-corrected chi connectivity index (χ0v) is 8.24. The van der Waals surface area contributed by atoms with Crippen LogP contribution in [0.5, 0.6) is 0 Å². The quantitative estimate of drug-likeness (QED) is 0.651. The summed E-state index contributed by atoms with van der Waals surface area (Å²) >= 11 is 0. The zero-order chi connectivity index (χ0) is 9.76. The number of carboxylic acids is 1. The molecule has 3 rings (SSSR count). The highest BCUT2D eigenvalue weighted by molar-refractivity contribution is 5.71. The number of aliphatic carboxylic acids is 1. The average molecular weight is 196 g/mol. The summed E-state index contributed by atoms with van der Waals surface area (Å²) in [5, 5.41) is 9.15. The lowest BCUT2D eigenvalue weighted by atomic mass is 9.65. The number of epoxide rings is 1. The number of carbonyl (C=O) groups is 1. The minimum Gasteiger partial charge on any atom is -0.481 e. The van der Waals surface area contributed by atoms with E-state index in [1.54, 1.807) is 0 Å². The molecule has 78 valence electrons. The van der Waals surface area contributed by atoms with Crippen molar-refractivity contribution < 1.29 is 14.6 Å². The molecule has 1 aliphatic heterocycles. The number of carboxylic acid groups (broad SMARTS) is 1. The first-order valence-corrected chi connectivity index (χ1v) is 5.65. The highest BCUT2D eigenvalue weighted by Crippen LogP contribution is 2.59. The van der Waals surface area contributed by atoms with Crippen molar-refractivity contribution in [2.24, 2.45) is 11.8 Å². The van der Waals surface area contributed by atoms with Gasteiger partial charge in [-0.25, -0.2) is 0 Å². The Morgan fingerprint density at radius 2 is 2.14 bits per heavy atom. The lowest BCUT2D eigenvalue weighted by molar-refractivity contribution is -0.146. The van der Waals surface area contributed by atoms with Crippen LogP contribution in [-0.2, 0) is 9.53 Å². The minimum atomic E-state index is -0.606. The van der Waals surface area contributed by atoms with Crippen molar-refractivity contribution in [2.75, 3.05) is 0 Å². The van der Waals surface area contributed by atoms with Crippen molar-refractivity contribution in [2.45, 2.75) is 50.2 Å². The third kappa shape index (κ3) is 0.991. The van der Waals surface area contributed by atoms with Gasteiger partial charge in [0.25, 0.3) is 0 Å². The lowest BCUT2D eigenvalue weighted by Gasteiger charge is -2.36. The molecular weight excluding hydrogens is 180 g/mol. The molecule has 3 aliphatic rings. The predicted octanol–water partition coefficient (Wildman–Crippen LogP) is 1.81. The molecule has 0 unspecified atom stereocenters. The lowest BCUT2D eigenvalue weighted by Crippen LogP contribution is -2.42. The summed E-state index contributed by atoms with van der Waals surface area (Å²) in [5.41, 5.74) is 0.0134. The van der Waals surface area contributed by atoms with Gasteiger partial charge in [-0.3, -0.25) is 4.79 Å². The monoisotopic (exact) mass is 196 g/mol. The van der Waals surface area contributed by atoms with Crippen molar-refractivity contribution in [3.05, 3.63) is 0 Å². The Labute approximate surface area is 83.4 Å². The third-order valence-electron chi connectivity index (χ3n) is 4.35. The van der Waals surface area contributed by atoms with Crippen LogP contribution >= 0.6 is 0 Å². The summed E-state index contributed by atoms with van der Waals surface area (Å²) < 4.78 is 5.79. The smallest absolute Gasteiger partial charge is 0.306 e. The summed E-state index contributed by atoms with van der Waals surface area (Å²) in [4.78, 5) is 11.1. The highest BCUT2D eigenvalue weighted by atomic mass is 16.6. The van der Waals surface area contributed by atoms with E-state index >= 15 is 0 Å². The van der Waals surface area contributed by atoms with E-state index in [1.807, 2.05) is 0 Å². The van der Waals surface area contributed by atoms with Crippen LogP contribution in [0.3, 0.4) is 0 Å². The fourth-order valence-corrected chi connectivity index (χ4v) is 3.64. The van der Waals surface area contributed by atoms with Gasteiger partial charge in [0, 0.05) is 5.92 Å². The van der Waals surface area contributed by atoms with Crippen LogP contribution in [-0.4, -0.2) is 22.8 Å². The summed E-state index contributed by atoms with van der Waals surface area (Å²) in [6.45, 7) is 0. The summed E-state index contributed by atoms with van der Waals surface area (Å²) in [7, 11) is 0. The van der Waals surface area contributed by atoms with Crippen LogP contribution in [0.25, 0.3) is 0 Å². The fourth-order valence-electron chi connectivity index (χ4n) is 3.64. The third-order valence-corrected chi connectivity index (χ3v) is 4.35. The zero-order valence-electron chi connectivity index (χ0n) is 8.24. The van der Waals surface area contributed by atoms with Crippen molar-refractivity contribution in [1.82, 2.24) is 0 Å². The van der Waals surface area contributed by atoms with Gasteiger partial charge in [-0.2, -0.15) is 0 Å². The van der Waals surface area contributed by atoms with Crippen molar-refractivity contribution in [3.8, 4) is 0 Å². The number of ether oxygens (including phenoxy) is 1. The Morgan fingerprint density at radius 1 is 1.29 bits per heavy atom. The van der Waals surface area contributed by atoms with Gasteiger partial charge < -0.3 is 9.84 Å². The molecule has 0 aromatic rings. The first kappa shape index (κ1) is 8.72. The molecular formula is C11H16O3. The molecule has 1 N–H and O–H groups in total. The minimum absolute atomic E-state index is 0.0134. The van der Waals surface area contributed by atoms with E-state index in [1.165, 1.54) is 12.8 Å². The second-order valence-corrected chi connectivity index (χ2v) is 4.94. The van der Waals surface area contributed by atoms with E-state index in [0.29, 0.717) is 12.0 Å². The molecule has 2 aliphatic carbocycles. The predicted molar refractivity (Wildman–Crippen MR) is 49.9 cm³/mol. The molecule has 3 nitrogen and oxygen atoms in total. The Balaban J connectivity index is 1.87. The molecule has 0 aromatic carbocycles. The van der Waals surface area contributed by atoms with Crippen molar-refractivity contribution in [1.29, 1.82) is 0 Å². The second kappa shape index (κ2) is 2.72. The maximum Gasteiger partial charge on any atom is 0.306 e. The van der Waals surface area contributed by atoms with Crippen molar-refractivity contribution >= 4 is 5.97 Å². The molecule has 14 heavy (non-hydrogen) atoms. The second-order valence-electron chi connectivity index (χ2n) is 4.94. The van der Waals surface area contributed by atoms with E-state index in [9.17, 15) is 4.79 Å². The van der Waals surface area contributed by atoms with Gasteiger partial charge in [-0.1, -0.05) is 12.8 Å². The first-order valence-electron chi connectivity index (χ1n) is 5.65. The SMILES string of the molecule is O=C(O)[C@H]1CC[C@@H]2O[C@@]23CCCC[C@@H]13. The number of hydrogen-bond donors (Lipinski definition) is 1. The molecule has 1 heterocycles. The molecule has 3 heteroatoms. The normalized spacial score (nSPS) is 50.4. The maximum absolute atomic E-state index is 11.1. The first-order chi connectivity index (χ1) is 6.74. The highest BCUT2D eigenvalue weighted by Gasteiger charge is 2.66. The molecule has 0 aromatic heterocycles. The molecule has 2 saturated carbocycles. The van der Waals surface area contributed by atoms with Crippen LogP contribution in [0, 0.1) is 11.8 Å². The van der Waals surface area contributed by atoms with Gasteiger partial charge in [-0.05, 0) is 25.7 Å². The molecule has 3 fully saturated rings. The molecule has 1 saturated heterocycles. The van der Waals surface area contributed by atoms with E-state index in [4.69, 9.17) is 9.84 Å². The standard InChI is InChI=1S/C11H16O3/c12-10(13)7-4-5-9-11(14-9)6-2-1-3-8(7)11/h7-9H,1-6H2,(H,12,13)/t7-,8-,9-,11+/m0/s1. The van der Waals surface area contributed by atoms with E-state index in [2.05, 4.69) is 0 Å². The van der Waals surface area contributed by atoms with Crippen LogP contribution in [0.15, 0.2) is 0 Å². The largest absolute Gasteiger partial charge is 0.481 e. The van der Waals surface area contributed by atoms with Gasteiger partial charge in [-0.15, -0.1) is 0 Å². The van der Waals surface area contributed by atoms with Gasteiger partial charge in [0.05, 0.1) is 17.6 Å². The Kier molecular flexibility index (Phi) is 1.69. The molecule has 0 radical (unpaired) electrons. The van der Waals surface area contributed by atoms with E-state index in [-0.39, 0.29) is 11.5 Å². The number of hydrogen-bond acceptors (Lipinski definition) is 2. The van der Waals surface area contributed by atoms with Gasteiger partial charge in [0.2, 0.25) is 0 Å². The summed E-state index contributed by atoms with van der Waals surface area (Å²) in [6.07, 6.45) is 6.77. The van der Waals surface area contributed by atoms with Crippen molar-refractivity contribution in [3.63, 3.8) is 0 Å². The molecule has 1 spiro atoms. The Hall–Kier alpha value is -0.570. The molecule has 0 amide bonds. The Bertz CT molecular complexity index is 276. The Morgan fingerprint density at radius 3 is 2.93 bits per heavy atom. The summed E-state index contributed by atoms with van der Waals surface area (Å²) in [6, 6.07) is 0. The summed E-state index contributed by atoms with van der Waals surface area (Å²) in [5.74, 6) is -0.424. The average Bonchev–Trinajstić information content (AvgIpc) is 2.87. The van der Waals surface area contributed by atoms with Gasteiger partial charge in [0.15, 0.2) is 0 Å². The maximum atomic E-state index is 11.1. The van der Waals surface area contributed by atoms with Gasteiger partial charge in [0.1, 0.15) is 0 Å². The topological polar surface area (TPSA) is 49.8 Å². The van der Waals surface area contributed by atoms with Crippen LogP contribution in [0.2, 0.25) is 0 Å². The van der Waals surface area contributed by atoms with Crippen LogP contribution in [0.4, 0.5) is 0 Å². The number of rotatable bonds is 1. The van der Waals surface area contributed by atoms with Crippen LogP contribution in [0.1, 0.15) is 38.5 Å². The molecule has 4 atom stereocenters. The van der Waals surface area contributed by atoms with E-state index in [0.717, 1.165) is 25.7 Å². The van der Waals surface area contributed by atoms with E-state index < -0.39 is 5.97 Å². The fraction of sp³-hybridized carbons (Fsp3) is 0.909. The molecule has 0 bridgehead atoms. The van der Waals surface area contributed by atoms with Crippen LogP contribution < -0.4 is 0 Å². The van der Waals surface area contributed by atoms with Gasteiger partial charge >= 0.3 is 5.97 Å².